The molecule has 1 aromatic carbocycles. The van der Waals surface area contributed by atoms with E-state index in [4.69, 9.17) is 5.26 Å². The van der Waals surface area contributed by atoms with Crippen LogP contribution in [-0.2, 0) is 0 Å². The number of nitrogens with zero attached hydrogens (tertiary/aromatic N) is 1. The van der Waals surface area contributed by atoms with E-state index in [1.54, 1.807) is 0 Å². The highest BCUT2D eigenvalue weighted by molar-refractivity contribution is 6.01. The Morgan fingerprint density at radius 1 is 1.47 bits per heavy atom. The number of hydrogen-bond donors (Lipinski definition) is 3. The number of benzene rings is 1. The van der Waals surface area contributed by atoms with Crippen LogP contribution in [0.1, 0.15) is 36.7 Å². The molecule has 0 spiro atoms. The highest BCUT2D eigenvalue weighted by atomic mass is 16.3. The normalized spacial score (nSPS) is 12.8. The lowest BCUT2D eigenvalue weighted by atomic mass is 10.0. The highest BCUT2D eigenvalue weighted by Crippen LogP contribution is 2.20. The summed E-state index contributed by atoms with van der Waals surface area (Å²) in [5, 5.41) is 31.1. The van der Waals surface area contributed by atoms with E-state index in [2.05, 4.69) is 5.32 Å². The summed E-state index contributed by atoms with van der Waals surface area (Å²) < 4.78 is 0. The maximum absolute atomic E-state index is 11.9. The molecule has 0 radical (unpaired) electrons. The number of carbonyl (C=O) groups excluding carboxylic acids is 1. The summed E-state index contributed by atoms with van der Waals surface area (Å²) in [6.07, 6.45) is -1.24. The molecule has 102 valence electrons. The molecule has 5 nitrogen and oxygen atoms in total. The lowest BCUT2D eigenvalue weighted by Crippen LogP contribution is -2.43. The second kappa shape index (κ2) is 5.83. The van der Waals surface area contributed by atoms with Crippen molar-refractivity contribution in [3.05, 3.63) is 29.3 Å². The molecule has 19 heavy (non-hydrogen) atoms. The molecule has 0 bridgehead atoms. The summed E-state index contributed by atoms with van der Waals surface area (Å²) in [5.41, 5.74) is 0.0621. The first-order valence-corrected chi connectivity index (χ1v) is 5.95. The predicted molar refractivity (Wildman–Crippen MR) is 70.9 cm³/mol. The van der Waals surface area contributed by atoms with Gasteiger partial charge in [0.2, 0.25) is 0 Å². The van der Waals surface area contributed by atoms with Gasteiger partial charge in [0.15, 0.2) is 5.78 Å². The Balaban J connectivity index is 2.80. The fourth-order valence-corrected chi connectivity index (χ4v) is 1.48. The van der Waals surface area contributed by atoms with Gasteiger partial charge < -0.3 is 15.5 Å². The van der Waals surface area contributed by atoms with Gasteiger partial charge in [-0.05, 0) is 39.0 Å². The van der Waals surface area contributed by atoms with Crippen LogP contribution in [0.2, 0.25) is 0 Å². The van der Waals surface area contributed by atoms with Crippen LogP contribution in [0.5, 0.6) is 5.75 Å². The zero-order valence-electron chi connectivity index (χ0n) is 11.3. The Morgan fingerprint density at radius 3 is 2.58 bits per heavy atom. The maximum atomic E-state index is 11.9. The van der Waals surface area contributed by atoms with Crippen molar-refractivity contribution >= 4 is 5.78 Å². The van der Waals surface area contributed by atoms with Crippen LogP contribution >= 0.6 is 0 Å². The van der Waals surface area contributed by atoms with Gasteiger partial charge in [-0.2, -0.15) is 5.26 Å². The number of aromatic hydroxyl groups is 1. The Bertz CT molecular complexity index is 512. The largest absolute Gasteiger partial charge is 0.507 e. The number of nitrogens with one attached hydrogen (secondary N) is 1. The Kier molecular flexibility index (Phi) is 4.65. The second-order valence-corrected chi connectivity index (χ2v) is 5.35. The molecule has 0 unspecified atom stereocenters. The van der Waals surface area contributed by atoms with Crippen molar-refractivity contribution in [2.45, 2.75) is 32.4 Å². The van der Waals surface area contributed by atoms with E-state index in [0.717, 1.165) is 0 Å². The molecule has 3 N–H and O–H groups in total. The van der Waals surface area contributed by atoms with Gasteiger partial charge in [-0.15, -0.1) is 0 Å². The van der Waals surface area contributed by atoms with Crippen LogP contribution in [0.4, 0.5) is 0 Å². The molecule has 0 saturated carbocycles. The van der Waals surface area contributed by atoms with Crippen molar-refractivity contribution in [2.75, 3.05) is 6.54 Å². The molecule has 0 fully saturated rings. The molecule has 1 atom stereocenters. The van der Waals surface area contributed by atoms with Crippen LogP contribution in [0, 0.1) is 11.3 Å². The first-order chi connectivity index (χ1) is 8.74. The quantitative estimate of drug-likeness (QED) is 0.709. The second-order valence-electron chi connectivity index (χ2n) is 5.35. The number of nitriles is 1. The number of ketones is 1. The minimum absolute atomic E-state index is 0.0159. The average molecular weight is 262 g/mol. The van der Waals surface area contributed by atoms with Gasteiger partial charge in [-0.1, -0.05) is 0 Å². The third-order valence-corrected chi connectivity index (χ3v) is 2.52. The van der Waals surface area contributed by atoms with Crippen molar-refractivity contribution in [2.24, 2.45) is 0 Å². The molecular formula is C14H18N2O3. The number of Topliss-reactive ketones (excluding diaryl/α,β-unsaturated/α-hetero) is 1. The summed E-state index contributed by atoms with van der Waals surface area (Å²) in [6.45, 7) is 5.86. The summed E-state index contributed by atoms with van der Waals surface area (Å²) in [5.74, 6) is -0.863. The predicted octanol–water partition coefficient (Wildman–Crippen LogP) is 1.20. The number of hydrogen-bond acceptors (Lipinski definition) is 5. The fourth-order valence-electron chi connectivity index (χ4n) is 1.48. The summed E-state index contributed by atoms with van der Waals surface area (Å²) in [6, 6.07) is 5.84. The number of rotatable bonds is 4. The highest BCUT2D eigenvalue weighted by Gasteiger charge is 2.22. The zero-order valence-corrected chi connectivity index (χ0v) is 11.3. The van der Waals surface area contributed by atoms with Crippen molar-refractivity contribution < 1.29 is 15.0 Å². The molecule has 0 aliphatic rings. The minimum Gasteiger partial charge on any atom is -0.507 e. The van der Waals surface area contributed by atoms with E-state index in [0.29, 0.717) is 0 Å². The zero-order chi connectivity index (χ0) is 14.6. The Hall–Kier alpha value is -1.90. The Morgan fingerprint density at radius 2 is 2.11 bits per heavy atom. The third-order valence-electron chi connectivity index (χ3n) is 2.52. The number of carbonyl (C=O) groups is 1. The van der Waals surface area contributed by atoms with Crippen molar-refractivity contribution in [3.63, 3.8) is 0 Å². The molecule has 0 amide bonds. The number of aliphatic hydroxyl groups is 1. The average Bonchev–Trinajstić information content (AvgIpc) is 2.34. The van der Waals surface area contributed by atoms with Gasteiger partial charge in [0.05, 0.1) is 17.2 Å². The van der Waals surface area contributed by atoms with Gasteiger partial charge in [-0.3, -0.25) is 4.79 Å². The number of phenolic OH excluding ortho intramolecular Hbond substituents is 1. The van der Waals surface area contributed by atoms with Gasteiger partial charge in [-0.25, -0.2) is 0 Å². The van der Waals surface area contributed by atoms with E-state index in [-0.39, 0.29) is 29.0 Å². The Labute approximate surface area is 112 Å². The third kappa shape index (κ3) is 4.36. The van der Waals surface area contributed by atoms with Crippen molar-refractivity contribution in [3.8, 4) is 11.8 Å². The standard InChI is InChI=1S/C14H18N2O3/c1-14(2,3)16-8-12(18)13(19)10-5-4-9(7-15)6-11(10)17/h4-6,12,16-18H,8H2,1-3H3/t12-/m0/s1. The van der Waals surface area contributed by atoms with E-state index in [1.807, 2.05) is 26.8 Å². The van der Waals surface area contributed by atoms with E-state index in [9.17, 15) is 15.0 Å². The number of β-amino-alcohol motifs (C(OH)–C–C–N with tert-alkyl or cyclic N) is 1. The monoisotopic (exact) mass is 262 g/mol. The molecule has 0 aliphatic heterocycles. The molecule has 5 heteroatoms. The molecule has 1 aromatic rings. The lowest BCUT2D eigenvalue weighted by Gasteiger charge is -2.22. The molecule has 1 rings (SSSR count). The van der Waals surface area contributed by atoms with Gasteiger partial charge >= 0.3 is 0 Å². The molecule has 0 heterocycles. The topological polar surface area (TPSA) is 93.4 Å². The van der Waals surface area contributed by atoms with E-state index < -0.39 is 11.9 Å². The van der Waals surface area contributed by atoms with Gasteiger partial charge in [0, 0.05) is 12.1 Å². The number of aliphatic hydroxyl groups excluding tert-OH is 1. The van der Waals surface area contributed by atoms with Crippen LogP contribution < -0.4 is 5.32 Å². The molecule has 0 aromatic heterocycles. The van der Waals surface area contributed by atoms with Crippen molar-refractivity contribution in [1.82, 2.24) is 5.32 Å². The lowest BCUT2D eigenvalue weighted by molar-refractivity contribution is 0.0731. The maximum Gasteiger partial charge on any atom is 0.196 e. The van der Waals surface area contributed by atoms with Gasteiger partial charge in [0.1, 0.15) is 11.9 Å². The first-order valence-electron chi connectivity index (χ1n) is 5.95. The van der Waals surface area contributed by atoms with Gasteiger partial charge in [0.25, 0.3) is 0 Å². The summed E-state index contributed by atoms with van der Waals surface area (Å²) >= 11 is 0. The number of phenols is 1. The molecule has 0 aliphatic carbocycles. The van der Waals surface area contributed by atoms with Crippen LogP contribution in [0.25, 0.3) is 0 Å². The fraction of sp³-hybridized carbons (Fsp3) is 0.429. The van der Waals surface area contributed by atoms with Crippen LogP contribution in [0.15, 0.2) is 18.2 Å². The summed E-state index contributed by atoms with van der Waals surface area (Å²) in [4.78, 5) is 11.9. The molecular weight excluding hydrogens is 244 g/mol. The smallest absolute Gasteiger partial charge is 0.196 e. The van der Waals surface area contributed by atoms with E-state index in [1.165, 1.54) is 18.2 Å². The minimum atomic E-state index is -1.24. The van der Waals surface area contributed by atoms with Crippen molar-refractivity contribution in [1.29, 1.82) is 5.26 Å². The van der Waals surface area contributed by atoms with Crippen LogP contribution in [0.3, 0.4) is 0 Å². The van der Waals surface area contributed by atoms with Crippen LogP contribution in [-0.4, -0.2) is 34.2 Å². The first kappa shape index (κ1) is 15.2. The molecule has 0 saturated heterocycles. The summed E-state index contributed by atoms with van der Waals surface area (Å²) in [7, 11) is 0. The van der Waals surface area contributed by atoms with E-state index >= 15 is 0 Å². The SMILES string of the molecule is CC(C)(C)NC[C@H](O)C(=O)c1ccc(C#N)cc1O.